The molecule has 0 fully saturated rings. The first-order valence-corrected chi connectivity index (χ1v) is 4.96. The molecule has 0 aliphatic heterocycles. The first-order chi connectivity index (χ1) is 8.69. The molecular weight excluding hydrogens is 238 g/mol. The van der Waals surface area contributed by atoms with Crippen LogP contribution in [0.1, 0.15) is 11.3 Å². The highest BCUT2D eigenvalue weighted by Gasteiger charge is 2.00. The third-order valence-electron chi connectivity index (χ3n) is 2.07. The lowest BCUT2D eigenvalue weighted by molar-refractivity contribution is 0.581. The van der Waals surface area contributed by atoms with Crippen LogP contribution in [0.5, 0.6) is 0 Å². The van der Waals surface area contributed by atoms with E-state index in [1.165, 1.54) is 6.07 Å². The molecule has 0 atom stereocenters. The molecule has 0 aliphatic rings. The number of anilines is 1. The summed E-state index contributed by atoms with van der Waals surface area (Å²) in [5.41, 5.74) is 2.78. The molecule has 3 N–H and O–H groups in total. The summed E-state index contributed by atoms with van der Waals surface area (Å²) in [6, 6.07) is 6.34. The summed E-state index contributed by atoms with van der Waals surface area (Å²) in [6.07, 6.45) is 0. The third-order valence-corrected chi connectivity index (χ3v) is 2.07. The molecule has 0 saturated heterocycles. The summed E-state index contributed by atoms with van der Waals surface area (Å²) in [4.78, 5) is 0. The van der Waals surface area contributed by atoms with Gasteiger partial charge >= 0.3 is 0 Å². The Kier molecular flexibility index (Phi) is 3.46. The lowest BCUT2D eigenvalue weighted by Gasteiger charge is -1.95. The maximum Gasteiger partial charge on any atom is 0.162 e. The van der Waals surface area contributed by atoms with Crippen molar-refractivity contribution < 1.29 is 8.78 Å². The quantitative estimate of drug-likeness (QED) is 0.454. The van der Waals surface area contributed by atoms with Crippen molar-refractivity contribution in [2.45, 2.75) is 0 Å². The molecule has 0 spiro atoms. The second kappa shape index (κ2) is 5.21. The lowest BCUT2D eigenvalue weighted by Crippen LogP contribution is -2.09. The van der Waals surface area contributed by atoms with Gasteiger partial charge in [0.2, 0.25) is 0 Å². The van der Waals surface area contributed by atoms with Crippen LogP contribution in [0.4, 0.5) is 14.6 Å². The van der Waals surface area contributed by atoms with Crippen LogP contribution in [0.2, 0.25) is 0 Å². The van der Waals surface area contributed by atoms with Crippen LogP contribution in [-0.4, -0.2) is 10.2 Å². The first-order valence-electron chi connectivity index (χ1n) is 4.96. The Labute approximate surface area is 102 Å². The van der Waals surface area contributed by atoms with Crippen LogP contribution in [-0.2, 0) is 0 Å². The number of halogens is 2. The Hall–Kier alpha value is -2.52. The number of nitrogens with two attached hydrogens (primary N) is 1. The van der Waals surface area contributed by atoms with Crippen molar-refractivity contribution in [3.63, 3.8) is 0 Å². The fourth-order valence-electron chi connectivity index (χ4n) is 1.20. The van der Waals surface area contributed by atoms with Gasteiger partial charge < -0.3 is 5.43 Å². The minimum absolute atomic E-state index is 0.0965. The molecule has 18 heavy (non-hydrogen) atoms. The molecule has 0 unspecified atom stereocenters. The van der Waals surface area contributed by atoms with Gasteiger partial charge in [-0.1, -0.05) is 5.92 Å². The van der Waals surface area contributed by atoms with Crippen LogP contribution in [0, 0.1) is 23.5 Å². The normalized spacial score (nSPS) is 9.50. The molecular formula is C12H8F2N4. The van der Waals surface area contributed by atoms with E-state index in [0.717, 1.165) is 12.1 Å². The zero-order valence-electron chi connectivity index (χ0n) is 9.11. The van der Waals surface area contributed by atoms with Crippen molar-refractivity contribution in [3.8, 4) is 11.8 Å². The minimum atomic E-state index is -0.712. The van der Waals surface area contributed by atoms with Gasteiger partial charge in [0.15, 0.2) is 5.82 Å². The van der Waals surface area contributed by atoms with Crippen LogP contribution in [0.3, 0.4) is 0 Å². The molecule has 0 saturated carbocycles. The standard InChI is InChI=1S/C12H8F2N4/c13-9-3-1-8(11(14)7-9)2-4-10-5-6-12(16-15)18-17-10/h1,3,5-7H,15H2,(H,16,18). The molecule has 0 radical (unpaired) electrons. The van der Waals surface area contributed by atoms with Gasteiger partial charge in [-0.15, -0.1) is 10.2 Å². The number of hydrazine groups is 1. The number of hydrogen-bond donors (Lipinski definition) is 2. The second-order valence-corrected chi connectivity index (χ2v) is 3.32. The summed E-state index contributed by atoms with van der Waals surface area (Å²) in [5, 5.41) is 7.45. The van der Waals surface area contributed by atoms with Gasteiger partial charge in [-0.3, -0.25) is 0 Å². The van der Waals surface area contributed by atoms with Crippen molar-refractivity contribution in [1.82, 2.24) is 10.2 Å². The van der Waals surface area contributed by atoms with E-state index in [1.54, 1.807) is 12.1 Å². The number of nitrogens with zero attached hydrogens (tertiary/aromatic N) is 2. The molecule has 90 valence electrons. The van der Waals surface area contributed by atoms with Crippen molar-refractivity contribution in [1.29, 1.82) is 0 Å². The number of nitrogen functional groups attached to an aromatic ring is 1. The molecule has 1 aromatic carbocycles. The Morgan fingerprint density at radius 3 is 2.50 bits per heavy atom. The summed E-state index contributed by atoms with van der Waals surface area (Å²) in [5.74, 6) is 9.33. The van der Waals surface area contributed by atoms with E-state index in [1.807, 2.05) is 0 Å². The predicted octanol–water partition coefficient (Wildman–Crippen LogP) is 1.44. The summed E-state index contributed by atoms with van der Waals surface area (Å²) < 4.78 is 25.9. The Morgan fingerprint density at radius 1 is 1.06 bits per heavy atom. The highest BCUT2D eigenvalue weighted by molar-refractivity contribution is 5.42. The van der Waals surface area contributed by atoms with Gasteiger partial charge in [-0.2, -0.15) is 0 Å². The lowest BCUT2D eigenvalue weighted by atomic mass is 10.2. The number of rotatable bonds is 1. The van der Waals surface area contributed by atoms with Gasteiger partial charge in [0.05, 0.1) is 5.56 Å². The molecule has 4 nitrogen and oxygen atoms in total. The molecule has 0 bridgehead atoms. The highest BCUT2D eigenvalue weighted by Crippen LogP contribution is 2.08. The summed E-state index contributed by atoms with van der Waals surface area (Å²) in [7, 11) is 0. The van der Waals surface area contributed by atoms with E-state index in [0.29, 0.717) is 11.5 Å². The summed E-state index contributed by atoms with van der Waals surface area (Å²) >= 11 is 0. The van der Waals surface area contributed by atoms with Gasteiger partial charge in [-0.25, -0.2) is 14.6 Å². The fourth-order valence-corrected chi connectivity index (χ4v) is 1.20. The van der Waals surface area contributed by atoms with E-state index in [9.17, 15) is 8.78 Å². The molecule has 0 aliphatic carbocycles. The van der Waals surface area contributed by atoms with E-state index in [4.69, 9.17) is 5.84 Å². The Balaban J connectivity index is 2.25. The van der Waals surface area contributed by atoms with Crippen molar-refractivity contribution >= 4 is 5.82 Å². The van der Waals surface area contributed by atoms with Crippen LogP contribution >= 0.6 is 0 Å². The maximum atomic E-state index is 13.3. The fraction of sp³-hybridized carbons (Fsp3) is 0. The molecule has 2 aromatic rings. The molecule has 1 aromatic heterocycles. The number of nitrogens with one attached hydrogen (secondary N) is 1. The van der Waals surface area contributed by atoms with Gasteiger partial charge in [0.25, 0.3) is 0 Å². The smallest absolute Gasteiger partial charge is 0.162 e. The Morgan fingerprint density at radius 2 is 1.89 bits per heavy atom. The van der Waals surface area contributed by atoms with E-state index in [2.05, 4.69) is 27.5 Å². The van der Waals surface area contributed by atoms with Crippen molar-refractivity contribution in [2.24, 2.45) is 5.84 Å². The molecule has 0 amide bonds. The van der Waals surface area contributed by atoms with E-state index in [-0.39, 0.29) is 5.56 Å². The van der Waals surface area contributed by atoms with Gasteiger partial charge in [0, 0.05) is 6.07 Å². The maximum absolute atomic E-state index is 13.3. The van der Waals surface area contributed by atoms with Crippen LogP contribution in [0.25, 0.3) is 0 Å². The van der Waals surface area contributed by atoms with Gasteiger partial charge in [-0.05, 0) is 30.2 Å². The average Bonchev–Trinajstić information content (AvgIpc) is 2.38. The third kappa shape index (κ3) is 2.78. The number of hydrogen-bond acceptors (Lipinski definition) is 4. The molecule has 6 heteroatoms. The largest absolute Gasteiger partial charge is 0.307 e. The Bertz CT molecular complexity index is 614. The monoisotopic (exact) mass is 246 g/mol. The highest BCUT2D eigenvalue weighted by atomic mass is 19.1. The van der Waals surface area contributed by atoms with E-state index < -0.39 is 11.6 Å². The molecule has 2 rings (SSSR count). The average molecular weight is 246 g/mol. The van der Waals surface area contributed by atoms with Crippen LogP contribution < -0.4 is 11.3 Å². The topological polar surface area (TPSA) is 63.8 Å². The first kappa shape index (κ1) is 12.0. The van der Waals surface area contributed by atoms with Crippen LogP contribution in [0.15, 0.2) is 30.3 Å². The van der Waals surface area contributed by atoms with E-state index >= 15 is 0 Å². The minimum Gasteiger partial charge on any atom is -0.307 e. The zero-order valence-corrected chi connectivity index (χ0v) is 9.11. The van der Waals surface area contributed by atoms with Crippen molar-refractivity contribution in [3.05, 3.63) is 53.2 Å². The molecule has 1 heterocycles. The predicted molar refractivity (Wildman–Crippen MR) is 62.2 cm³/mol. The number of benzene rings is 1. The second-order valence-electron chi connectivity index (χ2n) is 3.32. The zero-order chi connectivity index (χ0) is 13.0. The SMILES string of the molecule is NNc1ccc(C#Cc2ccc(F)cc2F)nn1. The summed E-state index contributed by atoms with van der Waals surface area (Å²) in [6.45, 7) is 0. The van der Waals surface area contributed by atoms with Gasteiger partial charge in [0.1, 0.15) is 17.3 Å². The number of aromatic nitrogens is 2. The van der Waals surface area contributed by atoms with Crippen molar-refractivity contribution in [2.75, 3.05) is 5.43 Å².